The second kappa shape index (κ2) is 7.88. The molecule has 19 heavy (non-hydrogen) atoms. The third-order valence-corrected chi connectivity index (χ3v) is 3.69. The predicted molar refractivity (Wildman–Crippen MR) is 81.7 cm³/mol. The summed E-state index contributed by atoms with van der Waals surface area (Å²) in [7, 11) is 0. The first-order chi connectivity index (χ1) is 8.95. The molecule has 0 heterocycles. The number of hydrogen-bond donors (Lipinski definition) is 1. The van der Waals surface area contributed by atoms with E-state index in [1.165, 1.54) is 0 Å². The summed E-state index contributed by atoms with van der Waals surface area (Å²) in [6.07, 6.45) is 0. The van der Waals surface area contributed by atoms with Crippen LogP contribution in [0, 0.1) is 5.92 Å². The van der Waals surface area contributed by atoms with E-state index in [-0.39, 0.29) is 11.9 Å². The molecule has 106 valence electrons. The summed E-state index contributed by atoms with van der Waals surface area (Å²) in [5.41, 5.74) is 0.576. The van der Waals surface area contributed by atoms with Crippen molar-refractivity contribution < 1.29 is 9.53 Å². The first-order valence-corrected chi connectivity index (χ1v) is 7.46. The van der Waals surface area contributed by atoms with Gasteiger partial charge in [0, 0.05) is 16.1 Å². The highest BCUT2D eigenvalue weighted by Gasteiger charge is 2.18. The lowest BCUT2D eigenvalue weighted by Crippen LogP contribution is -2.42. The van der Waals surface area contributed by atoms with Gasteiger partial charge in [-0.05, 0) is 47.0 Å². The molecular formula is C14H19BrClNO2. The fourth-order valence-corrected chi connectivity index (χ4v) is 2.43. The molecular weight excluding hydrogens is 330 g/mol. The highest BCUT2D eigenvalue weighted by atomic mass is 79.9. The number of benzene rings is 1. The highest BCUT2D eigenvalue weighted by Crippen LogP contribution is 2.21. The van der Waals surface area contributed by atoms with Gasteiger partial charge in [-0.2, -0.15) is 0 Å². The van der Waals surface area contributed by atoms with Crippen molar-refractivity contribution in [2.24, 2.45) is 5.92 Å². The first-order valence-electron chi connectivity index (χ1n) is 6.29. The summed E-state index contributed by atoms with van der Waals surface area (Å²) in [5, 5.41) is 3.59. The number of carbonyl (C=O) groups is 1. The van der Waals surface area contributed by atoms with Gasteiger partial charge in [0.15, 0.2) is 0 Å². The van der Waals surface area contributed by atoms with E-state index >= 15 is 0 Å². The van der Waals surface area contributed by atoms with Crippen molar-refractivity contribution in [2.75, 3.05) is 13.2 Å². The van der Waals surface area contributed by atoms with E-state index in [0.29, 0.717) is 34.2 Å². The maximum Gasteiger partial charge on any atom is 0.252 e. The predicted octanol–water partition coefficient (Wildman–Crippen LogP) is 3.89. The maximum atomic E-state index is 12.2. The van der Waals surface area contributed by atoms with Crippen molar-refractivity contribution in [1.29, 1.82) is 0 Å². The number of ether oxygens (including phenoxy) is 1. The standard InChI is InChI=1S/C14H19BrClNO2/c1-4-19-8-13(9(2)3)17-14(18)11-6-5-10(16)7-12(11)15/h5-7,9,13H,4,8H2,1-3H3,(H,17,18). The summed E-state index contributed by atoms with van der Waals surface area (Å²) >= 11 is 9.22. The van der Waals surface area contributed by atoms with Gasteiger partial charge in [0.1, 0.15) is 0 Å². The lowest BCUT2D eigenvalue weighted by molar-refractivity contribution is 0.0805. The molecule has 0 aliphatic carbocycles. The zero-order valence-electron chi connectivity index (χ0n) is 11.4. The Morgan fingerprint density at radius 3 is 2.68 bits per heavy atom. The lowest BCUT2D eigenvalue weighted by atomic mass is 10.0. The van der Waals surface area contributed by atoms with Crippen molar-refractivity contribution in [3.8, 4) is 0 Å². The van der Waals surface area contributed by atoms with E-state index < -0.39 is 0 Å². The molecule has 0 fully saturated rings. The smallest absolute Gasteiger partial charge is 0.252 e. The molecule has 0 saturated carbocycles. The van der Waals surface area contributed by atoms with Crippen molar-refractivity contribution in [1.82, 2.24) is 5.32 Å². The monoisotopic (exact) mass is 347 g/mol. The maximum absolute atomic E-state index is 12.2. The van der Waals surface area contributed by atoms with Gasteiger partial charge in [0.05, 0.1) is 18.2 Å². The Hall–Kier alpha value is -0.580. The van der Waals surface area contributed by atoms with Crippen LogP contribution in [0.1, 0.15) is 31.1 Å². The molecule has 0 saturated heterocycles. The zero-order valence-corrected chi connectivity index (χ0v) is 13.7. The number of amides is 1. The van der Waals surface area contributed by atoms with E-state index in [1.54, 1.807) is 18.2 Å². The summed E-state index contributed by atoms with van der Waals surface area (Å²) in [6.45, 7) is 7.21. The number of carbonyl (C=O) groups excluding carboxylic acids is 1. The van der Waals surface area contributed by atoms with Crippen LogP contribution in [-0.4, -0.2) is 25.2 Å². The minimum absolute atomic E-state index is 0.00460. The van der Waals surface area contributed by atoms with Crippen LogP contribution in [0.4, 0.5) is 0 Å². The molecule has 1 atom stereocenters. The molecule has 1 aromatic rings. The Balaban J connectivity index is 2.76. The quantitative estimate of drug-likeness (QED) is 0.847. The first kappa shape index (κ1) is 16.5. The number of rotatable bonds is 6. The number of nitrogens with one attached hydrogen (secondary N) is 1. The Morgan fingerprint density at radius 2 is 2.16 bits per heavy atom. The van der Waals surface area contributed by atoms with Crippen molar-refractivity contribution >= 4 is 33.4 Å². The number of hydrogen-bond acceptors (Lipinski definition) is 2. The summed E-state index contributed by atoms with van der Waals surface area (Å²) in [5.74, 6) is 0.184. The van der Waals surface area contributed by atoms with Crippen LogP contribution in [0.25, 0.3) is 0 Å². The number of halogens is 2. The highest BCUT2D eigenvalue weighted by molar-refractivity contribution is 9.10. The van der Waals surface area contributed by atoms with Crippen LogP contribution in [0.5, 0.6) is 0 Å². The second-order valence-electron chi connectivity index (χ2n) is 4.61. The molecule has 3 nitrogen and oxygen atoms in total. The topological polar surface area (TPSA) is 38.3 Å². The van der Waals surface area contributed by atoms with Gasteiger partial charge in [0.25, 0.3) is 5.91 Å². The Bertz CT molecular complexity index is 437. The fourth-order valence-electron chi connectivity index (χ4n) is 1.57. The van der Waals surface area contributed by atoms with Gasteiger partial charge < -0.3 is 10.1 Å². The zero-order chi connectivity index (χ0) is 14.4. The molecule has 0 radical (unpaired) electrons. The van der Waals surface area contributed by atoms with Crippen molar-refractivity contribution in [3.63, 3.8) is 0 Å². The van der Waals surface area contributed by atoms with E-state index in [9.17, 15) is 4.79 Å². The van der Waals surface area contributed by atoms with Crippen molar-refractivity contribution in [3.05, 3.63) is 33.3 Å². The van der Waals surface area contributed by atoms with Gasteiger partial charge in [-0.15, -0.1) is 0 Å². The third kappa shape index (κ3) is 5.13. The molecule has 0 bridgehead atoms. The van der Waals surface area contributed by atoms with Crippen LogP contribution >= 0.6 is 27.5 Å². The van der Waals surface area contributed by atoms with Crippen LogP contribution in [0.3, 0.4) is 0 Å². The largest absolute Gasteiger partial charge is 0.380 e. The van der Waals surface area contributed by atoms with Crippen LogP contribution in [-0.2, 0) is 4.74 Å². The molecule has 0 aromatic heterocycles. The normalized spacial score (nSPS) is 12.5. The van der Waals surface area contributed by atoms with Crippen LogP contribution < -0.4 is 5.32 Å². The average Bonchev–Trinajstić information content (AvgIpc) is 2.33. The summed E-state index contributed by atoms with van der Waals surface area (Å²) in [4.78, 5) is 12.2. The summed E-state index contributed by atoms with van der Waals surface area (Å²) < 4.78 is 6.09. The Morgan fingerprint density at radius 1 is 1.47 bits per heavy atom. The molecule has 0 aliphatic rings. The molecule has 1 unspecified atom stereocenters. The van der Waals surface area contributed by atoms with Crippen LogP contribution in [0.2, 0.25) is 5.02 Å². The van der Waals surface area contributed by atoms with E-state index in [1.807, 2.05) is 6.92 Å². The lowest BCUT2D eigenvalue weighted by Gasteiger charge is -2.22. The molecule has 1 aromatic carbocycles. The molecule has 1 rings (SSSR count). The van der Waals surface area contributed by atoms with Crippen LogP contribution in [0.15, 0.2) is 22.7 Å². The van der Waals surface area contributed by atoms with Gasteiger partial charge in [0.2, 0.25) is 0 Å². The molecule has 1 amide bonds. The molecule has 1 N–H and O–H groups in total. The van der Waals surface area contributed by atoms with Gasteiger partial charge >= 0.3 is 0 Å². The molecule has 0 aliphatic heterocycles. The van der Waals surface area contributed by atoms with Gasteiger partial charge in [-0.1, -0.05) is 25.4 Å². The second-order valence-corrected chi connectivity index (χ2v) is 5.90. The van der Waals surface area contributed by atoms with Crippen molar-refractivity contribution in [2.45, 2.75) is 26.8 Å². The minimum atomic E-state index is -0.123. The Labute approximate surface area is 127 Å². The van der Waals surface area contributed by atoms with Gasteiger partial charge in [-0.3, -0.25) is 4.79 Å². The SMILES string of the molecule is CCOCC(NC(=O)c1ccc(Cl)cc1Br)C(C)C. The average molecular weight is 349 g/mol. The van der Waals surface area contributed by atoms with Gasteiger partial charge in [-0.25, -0.2) is 0 Å². The van der Waals surface area contributed by atoms with E-state index in [2.05, 4.69) is 35.1 Å². The summed E-state index contributed by atoms with van der Waals surface area (Å²) in [6, 6.07) is 5.12. The molecule has 0 spiro atoms. The minimum Gasteiger partial charge on any atom is -0.380 e. The van der Waals surface area contributed by atoms with E-state index in [4.69, 9.17) is 16.3 Å². The Kier molecular flexibility index (Phi) is 6.83. The fraction of sp³-hybridized carbons (Fsp3) is 0.500. The third-order valence-electron chi connectivity index (χ3n) is 2.80. The molecule has 5 heteroatoms. The van der Waals surface area contributed by atoms with E-state index in [0.717, 1.165) is 0 Å².